The molecule has 1 saturated heterocycles. The van der Waals surface area contributed by atoms with Crippen molar-refractivity contribution in [2.24, 2.45) is 5.92 Å². The maximum absolute atomic E-state index is 4.04. The third-order valence-electron chi connectivity index (χ3n) is 5.57. The quantitative estimate of drug-likeness (QED) is 0.354. The second kappa shape index (κ2) is 6.26. The van der Waals surface area contributed by atoms with Crippen molar-refractivity contribution >= 4 is 11.8 Å². The number of nitrogens with zero attached hydrogens (tertiary/aromatic N) is 1. The highest BCUT2D eigenvalue weighted by Gasteiger charge is 2.69. The van der Waals surface area contributed by atoms with E-state index in [1.807, 2.05) is 12.2 Å². The second-order valence-corrected chi connectivity index (χ2v) is 7.03. The SMILES string of the molecule is C=CC=CCC[N+]1(c2c(C)cccc2C=C)CC1(C)C(C)C. The van der Waals surface area contributed by atoms with E-state index < -0.39 is 0 Å². The lowest BCUT2D eigenvalue weighted by Crippen LogP contribution is -2.40. The molecule has 1 aliphatic heterocycles. The molecule has 118 valence electrons. The van der Waals surface area contributed by atoms with Crippen LogP contribution in [0.3, 0.4) is 0 Å². The molecule has 2 unspecified atom stereocenters. The Balaban J connectivity index is 2.46. The van der Waals surface area contributed by atoms with E-state index in [1.165, 1.54) is 23.4 Å². The van der Waals surface area contributed by atoms with Gasteiger partial charge in [0.05, 0.1) is 6.54 Å². The minimum Gasteiger partial charge on any atom is -0.275 e. The summed E-state index contributed by atoms with van der Waals surface area (Å²) in [5, 5.41) is 0. The molecule has 0 saturated carbocycles. The van der Waals surface area contributed by atoms with Crippen LogP contribution in [0.15, 0.2) is 49.6 Å². The lowest BCUT2D eigenvalue weighted by molar-refractivity contribution is 0.344. The van der Waals surface area contributed by atoms with Gasteiger partial charge >= 0.3 is 0 Å². The van der Waals surface area contributed by atoms with E-state index in [4.69, 9.17) is 0 Å². The van der Waals surface area contributed by atoms with Crippen molar-refractivity contribution in [2.45, 2.75) is 39.7 Å². The number of benzene rings is 1. The Morgan fingerprint density at radius 2 is 2.05 bits per heavy atom. The second-order valence-electron chi connectivity index (χ2n) is 7.03. The monoisotopic (exact) mass is 296 g/mol. The van der Waals surface area contributed by atoms with Crippen molar-refractivity contribution in [2.75, 3.05) is 13.1 Å². The molecule has 1 aromatic carbocycles. The summed E-state index contributed by atoms with van der Waals surface area (Å²) in [4.78, 5) is 0. The summed E-state index contributed by atoms with van der Waals surface area (Å²) in [5.41, 5.74) is 4.47. The van der Waals surface area contributed by atoms with E-state index in [9.17, 15) is 0 Å². The van der Waals surface area contributed by atoms with Crippen LogP contribution in [-0.2, 0) is 0 Å². The van der Waals surface area contributed by atoms with Crippen molar-refractivity contribution in [3.63, 3.8) is 0 Å². The number of quaternary nitrogens is 1. The smallest absolute Gasteiger partial charge is 0.153 e. The van der Waals surface area contributed by atoms with Crippen molar-refractivity contribution < 1.29 is 0 Å². The summed E-state index contributed by atoms with van der Waals surface area (Å²) in [6.45, 7) is 19.5. The van der Waals surface area contributed by atoms with Gasteiger partial charge in [-0.3, -0.25) is 4.48 Å². The molecule has 1 heterocycles. The maximum atomic E-state index is 4.04. The van der Waals surface area contributed by atoms with Gasteiger partial charge in [-0.2, -0.15) is 0 Å². The molecule has 1 aliphatic rings. The first-order valence-corrected chi connectivity index (χ1v) is 8.30. The lowest BCUT2D eigenvalue weighted by atomic mass is 9.95. The van der Waals surface area contributed by atoms with Gasteiger partial charge in [-0.25, -0.2) is 0 Å². The Bertz CT molecular complexity index is 596. The fraction of sp³-hybridized carbons (Fsp3) is 0.429. The highest BCUT2D eigenvalue weighted by atomic mass is 15.6. The first kappa shape index (κ1) is 16.8. The molecule has 1 fully saturated rings. The average Bonchev–Trinajstić information content (AvgIpc) is 3.10. The number of aryl methyl sites for hydroxylation is 1. The molecule has 0 radical (unpaired) electrons. The highest BCUT2D eigenvalue weighted by molar-refractivity contribution is 5.71. The molecule has 1 aromatic rings. The standard InChI is InChI=1S/C21H30N/c1-7-9-10-11-15-22(16-21(22,6)17(3)4)20-18(5)13-12-14-19(20)8-2/h7-10,12-14,17H,1-2,11,15-16H2,3-6H3/q+1. The Kier molecular flexibility index (Phi) is 4.77. The van der Waals surface area contributed by atoms with Crippen LogP contribution in [0.5, 0.6) is 0 Å². The van der Waals surface area contributed by atoms with Gasteiger partial charge in [-0.05, 0) is 19.9 Å². The Hall–Kier alpha value is -1.60. The van der Waals surface area contributed by atoms with Crippen LogP contribution < -0.4 is 4.48 Å². The highest BCUT2D eigenvalue weighted by Crippen LogP contribution is 2.54. The summed E-state index contributed by atoms with van der Waals surface area (Å²) in [6, 6.07) is 6.58. The Labute approximate surface area is 136 Å². The van der Waals surface area contributed by atoms with E-state index in [1.54, 1.807) is 0 Å². The summed E-state index contributed by atoms with van der Waals surface area (Å²) in [7, 11) is 0. The molecular weight excluding hydrogens is 266 g/mol. The van der Waals surface area contributed by atoms with E-state index >= 15 is 0 Å². The molecule has 1 nitrogen and oxygen atoms in total. The van der Waals surface area contributed by atoms with Crippen molar-refractivity contribution in [3.05, 3.63) is 60.7 Å². The van der Waals surface area contributed by atoms with Crippen molar-refractivity contribution in [3.8, 4) is 0 Å². The number of allylic oxidation sites excluding steroid dienone is 2. The van der Waals surface area contributed by atoms with Gasteiger partial charge in [-0.15, -0.1) is 0 Å². The van der Waals surface area contributed by atoms with E-state index in [2.05, 4.69) is 71.2 Å². The zero-order chi connectivity index (χ0) is 16.4. The molecule has 0 aliphatic carbocycles. The summed E-state index contributed by atoms with van der Waals surface area (Å²) in [6.07, 6.45) is 9.24. The van der Waals surface area contributed by atoms with Crippen molar-refractivity contribution in [1.82, 2.24) is 4.48 Å². The summed E-state index contributed by atoms with van der Waals surface area (Å²) < 4.78 is 1.08. The first-order chi connectivity index (χ1) is 10.4. The van der Waals surface area contributed by atoms with E-state index in [-0.39, 0.29) is 0 Å². The number of hydrogen-bond acceptors (Lipinski definition) is 0. The average molecular weight is 296 g/mol. The minimum atomic E-state index is 0.325. The normalized spacial score (nSPS) is 27.3. The van der Waals surface area contributed by atoms with Gasteiger partial charge in [0, 0.05) is 23.5 Å². The van der Waals surface area contributed by atoms with Crippen LogP contribution in [0, 0.1) is 12.8 Å². The fourth-order valence-electron chi connectivity index (χ4n) is 3.89. The topological polar surface area (TPSA) is 0 Å². The Morgan fingerprint density at radius 1 is 1.32 bits per heavy atom. The predicted octanol–water partition coefficient (Wildman–Crippen LogP) is 5.51. The molecule has 0 bridgehead atoms. The molecule has 0 aromatic heterocycles. The molecule has 2 atom stereocenters. The van der Waals surface area contributed by atoms with Crippen LogP contribution in [-0.4, -0.2) is 18.6 Å². The van der Waals surface area contributed by atoms with Gasteiger partial charge in [0.25, 0.3) is 0 Å². The number of rotatable bonds is 7. The third-order valence-corrected chi connectivity index (χ3v) is 5.57. The van der Waals surface area contributed by atoms with Gasteiger partial charge in [0.1, 0.15) is 12.2 Å². The molecule has 0 N–H and O–H groups in total. The molecule has 22 heavy (non-hydrogen) atoms. The Morgan fingerprint density at radius 3 is 2.59 bits per heavy atom. The molecule has 2 rings (SSSR count). The lowest BCUT2D eigenvalue weighted by Gasteiger charge is -2.29. The number of hydrogen-bond donors (Lipinski definition) is 0. The fourth-order valence-corrected chi connectivity index (χ4v) is 3.89. The molecule has 0 spiro atoms. The van der Waals surface area contributed by atoms with Crippen LogP contribution in [0.25, 0.3) is 6.08 Å². The number of para-hydroxylation sites is 1. The van der Waals surface area contributed by atoms with Crippen LogP contribution in [0.4, 0.5) is 5.69 Å². The van der Waals surface area contributed by atoms with E-state index in [0.717, 1.165) is 17.4 Å². The zero-order valence-corrected chi connectivity index (χ0v) is 14.6. The minimum absolute atomic E-state index is 0.325. The third kappa shape index (κ3) is 2.59. The van der Waals surface area contributed by atoms with Gasteiger partial charge < -0.3 is 0 Å². The van der Waals surface area contributed by atoms with Crippen molar-refractivity contribution in [1.29, 1.82) is 0 Å². The zero-order valence-electron chi connectivity index (χ0n) is 14.6. The van der Waals surface area contributed by atoms with Gasteiger partial charge in [0.2, 0.25) is 0 Å². The summed E-state index contributed by atoms with van der Waals surface area (Å²) in [5.74, 6) is 0.660. The predicted molar refractivity (Wildman–Crippen MR) is 100.0 cm³/mol. The summed E-state index contributed by atoms with van der Waals surface area (Å²) >= 11 is 0. The molecular formula is C21H30N+. The van der Waals surface area contributed by atoms with Crippen LogP contribution in [0.2, 0.25) is 0 Å². The van der Waals surface area contributed by atoms with Crippen LogP contribution >= 0.6 is 0 Å². The molecule has 1 heteroatoms. The molecule has 0 amide bonds. The maximum Gasteiger partial charge on any atom is 0.153 e. The first-order valence-electron chi connectivity index (χ1n) is 8.30. The van der Waals surface area contributed by atoms with Gasteiger partial charge in [-0.1, -0.05) is 63.4 Å². The van der Waals surface area contributed by atoms with Gasteiger partial charge in [0.15, 0.2) is 5.54 Å². The largest absolute Gasteiger partial charge is 0.275 e. The van der Waals surface area contributed by atoms with Crippen LogP contribution in [0.1, 0.15) is 38.3 Å². The van der Waals surface area contributed by atoms with E-state index in [0.29, 0.717) is 11.5 Å².